The first-order valence-electron chi connectivity index (χ1n) is 8.49. The Morgan fingerprint density at radius 2 is 1.66 bits per heavy atom. The second-order valence-corrected chi connectivity index (χ2v) is 5.91. The van der Waals surface area contributed by atoms with Crippen molar-refractivity contribution in [1.82, 2.24) is 9.97 Å². The molecule has 0 spiro atoms. The van der Waals surface area contributed by atoms with E-state index in [-0.39, 0.29) is 34.6 Å². The molecule has 6 nitrogen and oxygen atoms in total. The second kappa shape index (κ2) is 7.86. The van der Waals surface area contributed by atoms with Gasteiger partial charge in [0.15, 0.2) is 5.69 Å². The molecule has 0 radical (unpaired) electrons. The van der Waals surface area contributed by atoms with E-state index in [0.717, 1.165) is 12.1 Å². The second-order valence-electron chi connectivity index (χ2n) is 5.91. The van der Waals surface area contributed by atoms with Crippen molar-refractivity contribution in [3.05, 3.63) is 59.3 Å². The van der Waals surface area contributed by atoms with E-state index < -0.39 is 23.7 Å². The van der Waals surface area contributed by atoms with Gasteiger partial charge in [0.2, 0.25) is 0 Å². The summed E-state index contributed by atoms with van der Waals surface area (Å²) >= 11 is 0. The molecule has 3 aromatic rings. The summed E-state index contributed by atoms with van der Waals surface area (Å²) in [5.74, 6) is -1.35. The number of ether oxygens (including phenoxy) is 2. The van der Waals surface area contributed by atoms with Crippen LogP contribution in [0, 0.1) is 0 Å². The molecule has 0 aliphatic rings. The molecule has 29 heavy (non-hydrogen) atoms. The van der Waals surface area contributed by atoms with E-state index in [9.17, 15) is 22.8 Å². The normalized spacial score (nSPS) is 11.3. The largest absolute Gasteiger partial charge is 0.465 e. The van der Waals surface area contributed by atoms with Crippen molar-refractivity contribution in [2.75, 3.05) is 13.7 Å². The van der Waals surface area contributed by atoms with Gasteiger partial charge in [-0.2, -0.15) is 13.2 Å². The molecule has 1 heterocycles. The summed E-state index contributed by atoms with van der Waals surface area (Å²) in [4.78, 5) is 32.4. The van der Waals surface area contributed by atoms with Gasteiger partial charge >= 0.3 is 18.1 Å². The average Bonchev–Trinajstić information content (AvgIpc) is 2.71. The number of nitrogens with zero attached hydrogens (tertiary/aromatic N) is 2. The first kappa shape index (κ1) is 20.2. The van der Waals surface area contributed by atoms with Gasteiger partial charge in [-0.25, -0.2) is 19.6 Å². The predicted octanol–water partition coefficient (Wildman–Crippen LogP) is 4.28. The lowest BCUT2D eigenvalue weighted by Crippen LogP contribution is -2.12. The number of hydrogen-bond donors (Lipinski definition) is 0. The summed E-state index contributed by atoms with van der Waals surface area (Å²) < 4.78 is 48.6. The lowest BCUT2D eigenvalue weighted by molar-refractivity contribution is -0.137. The standard InChI is InChI=1S/C20H15F3N2O4/c1-3-29-19(27)17-16(11-4-6-12(7-5-11)18(26)28-2)24-14-9-8-13(20(21,22)23)10-15(14)25-17/h4-10H,3H2,1-2H3. The van der Waals surface area contributed by atoms with Gasteiger partial charge in [0.25, 0.3) is 0 Å². The van der Waals surface area contributed by atoms with Crippen molar-refractivity contribution >= 4 is 23.0 Å². The average molecular weight is 404 g/mol. The predicted molar refractivity (Wildman–Crippen MR) is 97.3 cm³/mol. The third-order valence-corrected chi connectivity index (χ3v) is 4.04. The number of benzene rings is 2. The highest BCUT2D eigenvalue weighted by atomic mass is 19.4. The van der Waals surface area contributed by atoms with E-state index in [1.165, 1.54) is 37.4 Å². The summed E-state index contributed by atoms with van der Waals surface area (Å²) in [6.45, 7) is 1.65. The molecule has 0 fully saturated rings. The van der Waals surface area contributed by atoms with Crippen molar-refractivity contribution < 1.29 is 32.2 Å². The maximum atomic E-state index is 13.0. The number of hydrogen-bond acceptors (Lipinski definition) is 6. The number of carbonyl (C=O) groups excluding carboxylic acids is 2. The molecule has 0 aliphatic carbocycles. The van der Waals surface area contributed by atoms with Crippen LogP contribution in [0.3, 0.4) is 0 Å². The Morgan fingerprint density at radius 3 is 2.24 bits per heavy atom. The fraction of sp³-hybridized carbons (Fsp3) is 0.200. The lowest BCUT2D eigenvalue weighted by atomic mass is 10.1. The van der Waals surface area contributed by atoms with Crippen molar-refractivity contribution in [3.8, 4) is 11.3 Å². The van der Waals surface area contributed by atoms with Gasteiger partial charge in [0, 0.05) is 5.56 Å². The van der Waals surface area contributed by atoms with Crippen LogP contribution in [-0.4, -0.2) is 35.6 Å². The summed E-state index contributed by atoms with van der Waals surface area (Å²) in [6.07, 6.45) is -4.55. The highest BCUT2D eigenvalue weighted by molar-refractivity contribution is 5.97. The number of rotatable bonds is 4. The number of halogens is 3. The fourth-order valence-corrected chi connectivity index (χ4v) is 2.66. The van der Waals surface area contributed by atoms with Crippen LogP contribution in [0.2, 0.25) is 0 Å². The molecule has 0 bridgehead atoms. The van der Waals surface area contributed by atoms with Gasteiger partial charge < -0.3 is 9.47 Å². The third kappa shape index (κ3) is 4.18. The van der Waals surface area contributed by atoms with Crippen LogP contribution in [0.15, 0.2) is 42.5 Å². The molecule has 2 aromatic carbocycles. The first-order chi connectivity index (χ1) is 13.7. The number of esters is 2. The van der Waals surface area contributed by atoms with Gasteiger partial charge in [0.05, 0.1) is 35.9 Å². The lowest BCUT2D eigenvalue weighted by Gasteiger charge is -2.11. The van der Waals surface area contributed by atoms with E-state index in [1.807, 2.05) is 0 Å². The summed E-state index contributed by atoms with van der Waals surface area (Å²) in [7, 11) is 1.25. The molecule has 0 amide bonds. The van der Waals surface area contributed by atoms with E-state index in [2.05, 4.69) is 14.7 Å². The molecule has 3 rings (SSSR count). The maximum absolute atomic E-state index is 13.0. The minimum Gasteiger partial charge on any atom is -0.465 e. The Hall–Kier alpha value is -3.49. The molecule has 0 saturated heterocycles. The first-order valence-corrected chi connectivity index (χ1v) is 8.49. The highest BCUT2D eigenvalue weighted by Gasteiger charge is 2.31. The Bertz CT molecular complexity index is 1080. The van der Waals surface area contributed by atoms with Crippen LogP contribution in [0.4, 0.5) is 13.2 Å². The van der Waals surface area contributed by atoms with Gasteiger partial charge in [-0.1, -0.05) is 12.1 Å². The number of carbonyl (C=O) groups is 2. The number of fused-ring (bicyclic) bond motifs is 1. The topological polar surface area (TPSA) is 78.4 Å². The Balaban J connectivity index is 2.17. The summed E-state index contributed by atoms with van der Waals surface area (Å²) in [5.41, 5.74) is -0.163. The van der Waals surface area contributed by atoms with Crippen LogP contribution in [0.1, 0.15) is 33.3 Å². The Kier molecular flexibility index (Phi) is 5.49. The van der Waals surface area contributed by atoms with Crippen LogP contribution >= 0.6 is 0 Å². The third-order valence-electron chi connectivity index (χ3n) is 4.04. The van der Waals surface area contributed by atoms with E-state index in [1.54, 1.807) is 6.92 Å². The summed E-state index contributed by atoms with van der Waals surface area (Å²) in [5, 5.41) is 0. The molecule has 1 aromatic heterocycles. The molecule has 0 N–H and O–H groups in total. The van der Waals surface area contributed by atoms with Crippen LogP contribution in [-0.2, 0) is 15.7 Å². The number of alkyl halides is 3. The molecule has 0 unspecified atom stereocenters. The highest BCUT2D eigenvalue weighted by Crippen LogP contribution is 2.32. The minimum absolute atomic E-state index is 0.0574. The number of aromatic nitrogens is 2. The van der Waals surface area contributed by atoms with E-state index in [0.29, 0.717) is 5.56 Å². The SMILES string of the molecule is CCOC(=O)c1nc2cc(C(F)(F)F)ccc2nc1-c1ccc(C(=O)OC)cc1. The summed E-state index contributed by atoms with van der Waals surface area (Å²) in [6, 6.07) is 8.94. The van der Waals surface area contributed by atoms with Gasteiger partial charge in [-0.3, -0.25) is 0 Å². The van der Waals surface area contributed by atoms with Gasteiger partial charge in [-0.15, -0.1) is 0 Å². The zero-order valence-electron chi connectivity index (χ0n) is 15.4. The van der Waals surface area contributed by atoms with Crippen molar-refractivity contribution in [2.45, 2.75) is 13.1 Å². The molecule has 0 atom stereocenters. The zero-order valence-corrected chi connectivity index (χ0v) is 15.4. The van der Waals surface area contributed by atoms with E-state index >= 15 is 0 Å². The van der Waals surface area contributed by atoms with Crippen molar-refractivity contribution in [1.29, 1.82) is 0 Å². The Morgan fingerprint density at radius 1 is 0.966 bits per heavy atom. The van der Waals surface area contributed by atoms with Crippen LogP contribution < -0.4 is 0 Å². The van der Waals surface area contributed by atoms with Crippen molar-refractivity contribution in [3.63, 3.8) is 0 Å². The molecular weight excluding hydrogens is 389 g/mol. The molecule has 0 aliphatic heterocycles. The van der Waals surface area contributed by atoms with Crippen molar-refractivity contribution in [2.24, 2.45) is 0 Å². The molecular formula is C20H15F3N2O4. The Labute approximate surface area is 163 Å². The van der Waals surface area contributed by atoms with Crippen LogP contribution in [0.25, 0.3) is 22.3 Å². The zero-order chi connectivity index (χ0) is 21.2. The molecule has 9 heteroatoms. The van der Waals surface area contributed by atoms with Gasteiger partial charge in [-0.05, 0) is 37.3 Å². The molecule has 0 saturated carbocycles. The monoisotopic (exact) mass is 404 g/mol. The fourth-order valence-electron chi connectivity index (χ4n) is 2.66. The molecule has 150 valence electrons. The smallest absolute Gasteiger partial charge is 0.416 e. The van der Waals surface area contributed by atoms with Gasteiger partial charge in [0.1, 0.15) is 5.69 Å². The van der Waals surface area contributed by atoms with E-state index in [4.69, 9.17) is 4.74 Å². The quantitative estimate of drug-likeness (QED) is 0.604. The maximum Gasteiger partial charge on any atom is 0.416 e. The van der Waals surface area contributed by atoms with Crippen LogP contribution in [0.5, 0.6) is 0 Å². The number of methoxy groups -OCH3 is 1. The minimum atomic E-state index is -4.55.